The molecule has 3 rings (SSSR count). The van der Waals surface area contributed by atoms with Crippen LogP contribution < -0.4 is 0 Å². The Labute approximate surface area is 167 Å². The first-order valence-electron chi connectivity index (χ1n) is 9.82. The number of amides is 1. The van der Waals surface area contributed by atoms with E-state index in [4.69, 9.17) is 4.42 Å². The number of carbonyl (C=O) groups is 1. The number of hydrogen-bond acceptors (Lipinski definition) is 4. The SMILES string of the molecule is CN(Cc1ccco1)C(=O)CCc1ccc(S(=O)(=O)N2CCCCCC2)cc1. The summed E-state index contributed by atoms with van der Waals surface area (Å²) in [5.41, 5.74) is 0.953. The minimum atomic E-state index is -3.43. The van der Waals surface area contributed by atoms with Crippen LogP contribution in [0.4, 0.5) is 0 Å². The molecule has 28 heavy (non-hydrogen) atoms. The highest BCUT2D eigenvalue weighted by atomic mass is 32.2. The third-order valence-corrected chi connectivity index (χ3v) is 7.07. The molecule has 1 saturated heterocycles. The lowest BCUT2D eigenvalue weighted by atomic mass is 10.1. The summed E-state index contributed by atoms with van der Waals surface area (Å²) in [7, 11) is -1.68. The number of nitrogens with zero attached hydrogens (tertiary/aromatic N) is 2. The standard InChI is InChI=1S/C21H28N2O4S/c1-22(17-19-7-6-16-27-19)21(24)13-10-18-8-11-20(12-9-18)28(25,26)23-14-4-2-3-5-15-23/h6-9,11-12,16H,2-5,10,13-15,17H2,1H3. The van der Waals surface area contributed by atoms with Gasteiger partial charge in [0.2, 0.25) is 15.9 Å². The zero-order valence-electron chi connectivity index (χ0n) is 16.3. The summed E-state index contributed by atoms with van der Waals surface area (Å²) in [6.45, 7) is 1.64. The van der Waals surface area contributed by atoms with Crippen molar-refractivity contribution in [2.24, 2.45) is 0 Å². The number of aryl methyl sites for hydroxylation is 1. The molecule has 0 saturated carbocycles. The third kappa shape index (κ3) is 5.23. The van der Waals surface area contributed by atoms with E-state index < -0.39 is 10.0 Å². The van der Waals surface area contributed by atoms with Gasteiger partial charge >= 0.3 is 0 Å². The topological polar surface area (TPSA) is 70.8 Å². The first-order valence-corrected chi connectivity index (χ1v) is 11.3. The van der Waals surface area contributed by atoms with E-state index in [1.54, 1.807) is 40.7 Å². The van der Waals surface area contributed by atoms with Crippen LogP contribution >= 0.6 is 0 Å². The average molecular weight is 405 g/mol. The van der Waals surface area contributed by atoms with Gasteiger partial charge in [-0.05, 0) is 49.1 Å². The summed E-state index contributed by atoms with van der Waals surface area (Å²) in [5.74, 6) is 0.775. The molecule has 1 aliphatic heterocycles. The number of rotatable bonds is 7. The predicted octanol–water partition coefficient (Wildman–Crippen LogP) is 3.44. The van der Waals surface area contributed by atoms with Crippen molar-refractivity contribution in [1.82, 2.24) is 9.21 Å². The van der Waals surface area contributed by atoms with Gasteiger partial charge in [-0.1, -0.05) is 25.0 Å². The highest BCUT2D eigenvalue weighted by Crippen LogP contribution is 2.21. The van der Waals surface area contributed by atoms with E-state index in [1.165, 1.54) is 0 Å². The molecule has 0 atom stereocenters. The Kier molecular flexibility index (Phi) is 6.91. The van der Waals surface area contributed by atoms with Crippen LogP contribution in [0, 0.1) is 0 Å². The van der Waals surface area contributed by atoms with Crippen LogP contribution in [0.25, 0.3) is 0 Å². The Hall–Kier alpha value is -2.12. The smallest absolute Gasteiger partial charge is 0.243 e. The lowest BCUT2D eigenvalue weighted by Crippen LogP contribution is -2.31. The zero-order chi connectivity index (χ0) is 20.0. The number of sulfonamides is 1. The maximum Gasteiger partial charge on any atom is 0.243 e. The van der Waals surface area contributed by atoms with Gasteiger partial charge in [-0.2, -0.15) is 4.31 Å². The Morgan fingerprint density at radius 3 is 2.36 bits per heavy atom. The molecule has 1 aromatic carbocycles. The highest BCUT2D eigenvalue weighted by Gasteiger charge is 2.24. The molecule has 1 amide bonds. The predicted molar refractivity (Wildman–Crippen MR) is 107 cm³/mol. The number of furan rings is 1. The molecule has 1 aliphatic rings. The maximum absolute atomic E-state index is 12.8. The molecule has 0 bridgehead atoms. The number of hydrogen-bond donors (Lipinski definition) is 0. The first-order chi connectivity index (χ1) is 13.5. The minimum absolute atomic E-state index is 0.0256. The molecular weight excluding hydrogens is 376 g/mol. The zero-order valence-corrected chi connectivity index (χ0v) is 17.2. The maximum atomic E-state index is 12.8. The molecular formula is C21H28N2O4S. The van der Waals surface area contributed by atoms with E-state index in [1.807, 2.05) is 18.2 Å². The van der Waals surface area contributed by atoms with Crippen molar-refractivity contribution in [1.29, 1.82) is 0 Å². The molecule has 2 heterocycles. The summed E-state index contributed by atoms with van der Waals surface area (Å²) >= 11 is 0. The van der Waals surface area contributed by atoms with Gasteiger partial charge in [0.25, 0.3) is 0 Å². The molecule has 6 nitrogen and oxygen atoms in total. The van der Waals surface area contributed by atoms with E-state index >= 15 is 0 Å². The van der Waals surface area contributed by atoms with Crippen molar-refractivity contribution in [2.45, 2.75) is 50.0 Å². The highest BCUT2D eigenvalue weighted by molar-refractivity contribution is 7.89. The van der Waals surface area contributed by atoms with Crippen LogP contribution in [0.1, 0.15) is 43.4 Å². The molecule has 1 fully saturated rings. The summed E-state index contributed by atoms with van der Waals surface area (Å²) in [4.78, 5) is 14.3. The Morgan fingerprint density at radius 2 is 1.75 bits per heavy atom. The quantitative estimate of drug-likeness (QED) is 0.709. The lowest BCUT2D eigenvalue weighted by molar-refractivity contribution is -0.130. The fourth-order valence-corrected chi connectivity index (χ4v) is 4.94. The van der Waals surface area contributed by atoms with Crippen molar-refractivity contribution in [3.05, 3.63) is 54.0 Å². The minimum Gasteiger partial charge on any atom is -0.467 e. The molecule has 2 aromatic rings. The van der Waals surface area contributed by atoms with Crippen LogP contribution in [-0.4, -0.2) is 43.7 Å². The first kappa shape index (κ1) is 20.6. The van der Waals surface area contributed by atoms with E-state index in [9.17, 15) is 13.2 Å². The van der Waals surface area contributed by atoms with Crippen LogP contribution in [0.3, 0.4) is 0 Å². The summed E-state index contributed by atoms with van der Waals surface area (Å²) in [6, 6.07) is 10.6. The van der Waals surface area contributed by atoms with Crippen LogP contribution in [0.5, 0.6) is 0 Å². The number of benzene rings is 1. The van der Waals surface area contributed by atoms with E-state index in [0.29, 0.717) is 37.4 Å². The molecule has 152 valence electrons. The second-order valence-electron chi connectivity index (χ2n) is 7.29. The van der Waals surface area contributed by atoms with Gasteiger partial charge in [0.1, 0.15) is 5.76 Å². The van der Waals surface area contributed by atoms with Crippen molar-refractivity contribution in [3.8, 4) is 0 Å². The van der Waals surface area contributed by atoms with Gasteiger partial charge in [0.15, 0.2) is 0 Å². The lowest BCUT2D eigenvalue weighted by Gasteiger charge is -2.20. The monoisotopic (exact) mass is 404 g/mol. The number of carbonyl (C=O) groups excluding carboxylic acids is 1. The summed E-state index contributed by atoms with van der Waals surface area (Å²) < 4.78 is 32.5. The Morgan fingerprint density at radius 1 is 1.07 bits per heavy atom. The molecule has 0 spiro atoms. The van der Waals surface area contributed by atoms with Crippen LogP contribution in [0.2, 0.25) is 0 Å². The molecule has 7 heteroatoms. The van der Waals surface area contributed by atoms with Crippen molar-refractivity contribution >= 4 is 15.9 Å². The van der Waals surface area contributed by atoms with Gasteiger partial charge < -0.3 is 9.32 Å². The Bertz CT molecular complexity index is 852. The summed E-state index contributed by atoms with van der Waals surface area (Å²) in [6.07, 6.45) is 6.56. The normalized spacial score (nSPS) is 15.9. The van der Waals surface area contributed by atoms with Gasteiger partial charge in [-0.3, -0.25) is 4.79 Å². The molecule has 1 aromatic heterocycles. The van der Waals surface area contributed by atoms with Crippen LogP contribution in [0.15, 0.2) is 52.0 Å². The van der Waals surface area contributed by atoms with Gasteiger partial charge in [0, 0.05) is 26.6 Å². The summed E-state index contributed by atoms with van der Waals surface area (Å²) in [5, 5.41) is 0. The van der Waals surface area contributed by atoms with E-state index in [2.05, 4.69) is 0 Å². The van der Waals surface area contributed by atoms with Gasteiger partial charge in [0.05, 0.1) is 17.7 Å². The fraction of sp³-hybridized carbons (Fsp3) is 0.476. The Balaban J connectivity index is 1.55. The van der Waals surface area contributed by atoms with Crippen molar-refractivity contribution in [2.75, 3.05) is 20.1 Å². The molecule has 0 aliphatic carbocycles. The van der Waals surface area contributed by atoms with Gasteiger partial charge in [-0.15, -0.1) is 0 Å². The van der Waals surface area contributed by atoms with Crippen molar-refractivity contribution in [3.63, 3.8) is 0 Å². The van der Waals surface area contributed by atoms with Crippen molar-refractivity contribution < 1.29 is 17.6 Å². The van der Waals surface area contributed by atoms with E-state index in [0.717, 1.165) is 37.0 Å². The second-order valence-corrected chi connectivity index (χ2v) is 9.23. The molecule has 0 radical (unpaired) electrons. The largest absolute Gasteiger partial charge is 0.467 e. The fourth-order valence-electron chi connectivity index (χ4n) is 3.43. The van der Waals surface area contributed by atoms with E-state index in [-0.39, 0.29) is 5.91 Å². The van der Waals surface area contributed by atoms with Gasteiger partial charge in [-0.25, -0.2) is 8.42 Å². The molecule has 0 N–H and O–H groups in total. The van der Waals surface area contributed by atoms with Crippen LogP contribution in [-0.2, 0) is 27.8 Å². The second kappa shape index (κ2) is 9.39. The molecule has 0 unspecified atom stereocenters. The third-order valence-electron chi connectivity index (χ3n) is 5.15. The average Bonchev–Trinajstić information content (AvgIpc) is 3.04.